The Kier molecular flexibility index (Phi) is 5.72. The van der Waals surface area contributed by atoms with E-state index in [0.717, 1.165) is 30.6 Å². The van der Waals surface area contributed by atoms with E-state index in [1.54, 1.807) is 12.1 Å². The normalized spacial score (nSPS) is 11.2. The summed E-state index contributed by atoms with van der Waals surface area (Å²) >= 11 is 0. The van der Waals surface area contributed by atoms with Crippen molar-refractivity contribution in [2.24, 2.45) is 0 Å². The average Bonchev–Trinajstić information content (AvgIpc) is 2.54. The summed E-state index contributed by atoms with van der Waals surface area (Å²) in [6, 6.07) is 16.1. The van der Waals surface area contributed by atoms with Gasteiger partial charge in [0.25, 0.3) is 5.69 Å². The van der Waals surface area contributed by atoms with Gasteiger partial charge in [-0.2, -0.15) is 0 Å². The number of allylic oxidation sites excluding steroid dienone is 1. The first-order valence-electron chi connectivity index (χ1n) is 7.37. The maximum absolute atomic E-state index is 10.7. The van der Waals surface area contributed by atoms with Crippen LogP contribution in [0, 0.1) is 10.1 Å². The van der Waals surface area contributed by atoms with Gasteiger partial charge in [0, 0.05) is 18.6 Å². The Balaban J connectivity index is 2.15. The fraction of sp³-hybridized carbons (Fsp3) is 0.222. The molecule has 0 aliphatic rings. The van der Waals surface area contributed by atoms with E-state index in [4.69, 9.17) is 4.74 Å². The predicted octanol–water partition coefficient (Wildman–Crippen LogP) is 5.20. The summed E-state index contributed by atoms with van der Waals surface area (Å²) in [6.07, 6.45) is 4.96. The van der Waals surface area contributed by atoms with E-state index in [-0.39, 0.29) is 5.69 Å². The van der Waals surface area contributed by atoms with Gasteiger partial charge < -0.3 is 4.74 Å². The molecule has 0 aromatic heterocycles. The number of hydrogen-bond donors (Lipinski definition) is 0. The number of nitro benzene ring substituents is 1. The molecule has 0 fully saturated rings. The van der Waals surface area contributed by atoms with Crippen LogP contribution in [0.2, 0.25) is 0 Å². The summed E-state index contributed by atoms with van der Waals surface area (Å²) in [5.74, 6) is 1.48. The molecule has 0 heterocycles. The van der Waals surface area contributed by atoms with E-state index < -0.39 is 4.92 Å². The highest BCUT2D eigenvalue weighted by atomic mass is 16.6. The van der Waals surface area contributed by atoms with Crippen LogP contribution in [0.4, 0.5) is 5.69 Å². The van der Waals surface area contributed by atoms with Crippen LogP contribution in [0.5, 0.6) is 5.75 Å². The number of ether oxygens (including phenoxy) is 1. The van der Waals surface area contributed by atoms with Gasteiger partial charge in [-0.05, 0) is 30.2 Å². The van der Waals surface area contributed by atoms with Crippen molar-refractivity contribution >= 4 is 11.8 Å². The molecule has 4 heteroatoms. The van der Waals surface area contributed by atoms with Gasteiger partial charge in [-0.25, -0.2) is 0 Å². The van der Waals surface area contributed by atoms with Gasteiger partial charge in [-0.15, -0.1) is 0 Å². The third-order valence-electron chi connectivity index (χ3n) is 3.20. The molecular formula is C18H19NO3. The van der Waals surface area contributed by atoms with Gasteiger partial charge in [-0.1, -0.05) is 43.7 Å². The lowest BCUT2D eigenvalue weighted by molar-refractivity contribution is -0.384. The van der Waals surface area contributed by atoms with Crippen molar-refractivity contribution in [3.63, 3.8) is 0 Å². The fourth-order valence-corrected chi connectivity index (χ4v) is 2.03. The van der Waals surface area contributed by atoms with Crippen LogP contribution in [0.3, 0.4) is 0 Å². The minimum atomic E-state index is -0.415. The van der Waals surface area contributed by atoms with Gasteiger partial charge in [0.05, 0.1) is 4.92 Å². The molecule has 2 aromatic carbocycles. The zero-order valence-corrected chi connectivity index (χ0v) is 12.6. The highest BCUT2D eigenvalue weighted by Crippen LogP contribution is 2.22. The second kappa shape index (κ2) is 7.98. The molecule has 22 heavy (non-hydrogen) atoms. The highest BCUT2D eigenvalue weighted by molar-refractivity contribution is 5.52. The van der Waals surface area contributed by atoms with Crippen LogP contribution < -0.4 is 4.74 Å². The van der Waals surface area contributed by atoms with Gasteiger partial charge in [0.1, 0.15) is 11.5 Å². The molecular weight excluding hydrogens is 278 g/mol. The fourth-order valence-electron chi connectivity index (χ4n) is 2.03. The van der Waals surface area contributed by atoms with Crippen LogP contribution in [-0.2, 0) is 0 Å². The summed E-state index contributed by atoms with van der Waals surface area (Å²) in [7, 11) is 0. The first kappa shape index (κ1) is 15.8. The predicted molar refractivity (Wildman–Crippen MR) is 87.7 cm³/mol. The molecule has 0 aliphatic carbocycles. The molecule has 114 valence electrons. The lowest BCUT2D eigenvalue weighted by Crippen LogP contribution is -1.96. The van der Waals surface area contributed by atoms with Crippen LogP contribution in [0.25, 0.3) is 6.08 Å². The molecule has 2 aromatic rings. The monoisotopic (exact) mass is 297 g/mol. The van der Waals surface area contributed by atoms with Gasteiger partial charge in [-0.3, -0.25) is 10.1 Å². The molecule has 2 rings (SSSR count). The van der Waals surface area contributed by atoms with Gasteiger partial charge in [0.2, 0.25) is 0 Å². The lowest BCUT2D eigenvalue weighted by Gasteiger charge is -2.10. The minimum Gasteiger partial charge on any atom is -0.462 e. The third-order valence-corrected chi connectivity index (χ3v) is 3.20. The molecule has 0 atom stereocenters. The zero-order valence-electron chi connectivity index (χ0n) is 12.6. The topological polar surface area (TPSA) is 52.4 Å². The zero-order chi connectivity index (χ0) is 15.8. The van der Waals surface area contributed by atoms with Gasteiger partial charge in [0.15, 0.2) is 0 Å². The van der Waals surface area contributed by atoms with Crippen LogP contribution in [0.15, 0.2) is 60.4 Å². The Bertz CT molecular complexity index is 633. The van der Waals surface area contributed by atoms with Crippen LogP contribution >= 0.6 is 0 Å². The molecule has 0 aliphatic heterocycles. The van der Waals surface area contributed by atoms with Crippen molar-refractivity contribution in [2.45, 2.75) is 26.2 Å². The summed E-state index contributed by atoms with van der Waals surface area (Å²) < 4.78 is 5.89. The molecule has 0 radical (unpaired) electrons. The van der Waals surface area contributed by atoms with Crippen molar-refractivity contribution in [1.29, 1.82) is 0 Å². The van der Waals surface area contributed by atoms with E-state index in [9.17, 15) is 10.1 Å². The number of hydrogen-bond acceptors (Lipinski definition) is 3. The molecule has 4 nitrogen and oxygen atoms in total. The first-order valence-corrected chi connectivity index (χ1v) is 7.37. The molecule has 0 bridgehead atoms. The Hall–Kier alpha value is -2.62. The number of unbranched alkanes of at least 4 members (excludes halogenated alkanes) is 1. The summed E-state index contributed by atoms with van der Waals surface area (Å²) in [5, 5.41) is 10.7. The SMILES string of the molecule is CCCC/C(=C/c1ccccc1)Oc1ccc([N+](=O)[O-])cc1. The summed E-state index contributed by atoms with van der Waals surface area (Å²) in [4.78, 5) is 10.3. The van der Waals surface area contributed by atoms with E-state index in [0.29, 0.717) is 5.75 Å². The van der Waals surface area contributed by atoms with E-state index in [2.05, 4.69) is 6.92 Å². The highest BCUT2D eigenvalue weighted by Gasteiger charge is 2.06. The maximum atomic E-state index is 10.7. The quantitative estimate of drug-likeness (QED) is 0.400. The summed E-state index contributed by atoms with van der Waals surface area (Å²) in [6.45, 7) is 2.13. The van der Waals surface area contributed by atoms with Crippen molar-refractivity contribution in [1.82, 2.24) is 0 Å². The van der Waals surface area contributed by atoms with Crippen LogP contribution in [0.1, 0.15) is 31.7 Å². The summed E-state index contributed by atoms with van der Waals surface area (Å²) in [5.41, 5.74) is 1.14. The van der Waals surface area contributed by atoms with Crippen molar-refractivity contribution in [2.75, 3.05) is 0 Å². The second-order valence-corrected chi connectivity index (χ2v) is 4.98. The first-order chi connectivity index (χ1) is 10.7. The molecule has 0 spiro atoms. The smallest absolute Gasteiger partial charge is 0.269 e. The largest absolute Gasteiger partial charge is 0.462 e. The minimum absolute atomic E-state index is 0.0643. The number of non-ortho nitro benzene ring substituents is 1. The van der Waals surface area contributed by atoms with Gasteiger partial charge >= 0.3 is 0 Å². The van der Waals surface area contributed by atoms with E-state index in [1.165, 1.54) is 12.1 Å². The van der Waals surface area contributed by atoms with Crippen LogP contribution in [-0.4, -0.2) is 4.92 Å². The number of nitro groups is 1. The number of rotatable bonds is 7. The Labute approximate surface area is 130 Å². The third kappa shape index (κ3) is 4.74. The van der Waals surface area contributed by atoms with E-state index >= 15 is 0 Å². The molecule has 0 unspecified atom stereocenters. The maximum Gasteiger partial charge on any atom is 0.269 e. The Morgan fingerprint density at radius 1 is 1.14 bits per heavy atom. The Morgan fingerprint density at radius 3 is 2.41 bits per heavy atom. The van der Waals surface area contributed by atoms with E-state index in [1.807, 2.05) is 36.4 Å². The standard InChI is InChI=1S/C18H19NO3/c1-2-3-9-18(14-15-7-5-4-6-8-15)22-17-12-10-16(11-13-17)19(20)21/h4-8,10-14H,2-3,9H2,1H3/b18-14-. The Morgan fingerprint density at radius 2 is 1.82 bits per heavy atom. The molecule has 0 saturated carbocycles. The second-order valence-electron chi connectivity index (χ2n) is 4.98. The average molecular weight is 297 g/mol. The molecule has 0 amide bonds. The number of nitrogens with zero attached hydrogens (tertiary/aromatic N) is 1. The van der Waals surface area contributed by atoms with Crippen molar-refractivity contribution in [3.8, 4) is 5.75 Å². The van der Waals surface area contributed by atoms with Crippen molar-refractivity contribution < 1.29 is 9.66 Å². The molecule has 0 saturated heterocycles. The molecule has 0 N–H and O–H groups in total. The lowest BCUT2D eigenvalue weighted by atomic mass is 10.1. The van der Waals surface area contributed by atoms with Crippen molar-refractivity contribution in [3.05, 3.63) is 76.0 Å². The number of benzene rings is 2.